The fourth-order valence-corrected chi connectivity index (χ4v) is 1.80. The minimum atomic E-state index is -0.00773. The number of carbonyl (C=O) groups excluding carboxylic acids is 1. The lowest BCUT2D eigenvalue weighted by Crippen LogP contribution is -2.32. The van der Waals surface area contributed by atoms with Crippen LogP contribution in [0.3, 0.4) is 0 Å². The van der Waals surface area contributed by atoms with Gasteiger partial charge in [-0.1, -0.05) is 6.07 Å². The summed E-state index contributed by atoms with van der Waals surface area (Å²) in [6.07, 6.45) is 0.886. The summed E-state index contributed by atoms with van der Waals surface area (Å²) in [6.45, 7) is 3.27. The van der Waals surface area contributed by atoms with Crippen molar-refractivity contribution in [1.29, 1.82) is 0 Å². The van der Waals surface area contributed by atoms with Crippen molar-refractivity contribution in [1.82, 2.24) is 9.88 Å². The van der Waals surface area contributed by atoms with Crippen LogP contribution in [0.4, 0.5) is 0 Å². The molecule has 0 aliphatic carbocycles. The fraction of sp³-hybridized carbons (Fsp3) is 0.455. The van der Waals surface area contributed by atoms with E-state index in [9.17, 15) is 4.79 Å². The van der Waals surface area contributed by atoms with Crippen LogP contribution in [0.5, 0.6) is 0 Å². The maximum atomic E-state index is 12.0. The molecule has 0 unspecified atom stereocenters. The van der Waals surface area contributed by atoms with Gasteiger partial charge < -0.3 is 10.6 Å². The first-order chi connectivity index (χ1) is 7.16. The Morgan fingerprint density at radius 1 is 1.47 bits per heavy atom. The van der Waals surface area contributed by atoms with Crippen LogP contribution >= 0.6 is 24.8 Å². The van der Waals surface area contributed by atoms with Gasteiger partial charge in [0.1, 0.15) is 5.69 Å². The molecule has 1 aromatic heterocycles. The molecule has 6 heteroatoms. The Balaban J connectivity index is 0.00000128. The van der Waals surface area contributed by atoms with Crippen molar-refractivity contribution in [2.75, 3.05) is 13.1 Å². The molecule has 1 aliphatic heterocycles. The molecule has 4 nitrogen and oxygen atoms in total. The molecular weight excluding hydrogens is 261 g/mol. The number of halogens is 2. The van der Waals surface area contributed by atoms with Crippen molar-refractivity contribution in [2.45, 2.75) is 19.4 Å². The number of hydrogen-bond donors (Lipinski definition) is 1. The summed E-state index contributed by atoms with van der Waals surface area (Å²) in [5.74, 6) is -0.00773. The lowest BCUT2D eigenvalue weighted by atomic mass is 10.3. The molecule has 2 N–H and O–H groups in total. The average molecular weight is 278 g/mol. The van der Waals surface area contributed by atoms with Crippen LogP contribution in [0, 0.1) is 6.92 Å². The number of carbonyl (C=O) groups is 1. The zero-order valence-electron chi connectivity index (χ0n) is 9.63. The van der Waals surface area contributed by atoms with E-state index in [0.29, 0.717) is 12.2 Å². The standard InChI is InChI=1S/C11H15N3O.2ClH/c1-8-3-2-4-10(13-8)11(15)14-6-5-9(12)7-14;;/h2-4,9H,5-7,12H2,1H3;2*1H/t9-;;/m1../s1. The summed E-state index contributed by atoms with van der Waals surface area (Å²) in [5, 5.41) is 0. The molecule has 1 aromatic rings. The molecule has 1 saturated heterocycles. The maximum Gasteiger partial charge on any atom is 0.272 e. The van der Waals surface area contributed by atoms with Crippen LogP contribution in [0.2, 0.25) is 0 Å². The summed E-state index contributed by atoms with van der Waals surface area (Å²) in [7, 11) is 0. The Labute approximate surface area is 113 Å². The molecule has 0 bridgehead atoms. The monoisotopic (exact) mass is 277 g/mol. The van der Waals surface area contributed by atoms with E-state index >= 15 is 0 Å². The third kappa shape index (κ3) is 3.84. The van der Waals surface area contributed by atoms with Crippen LogP contribution < -0.4 is 5.73 Å². The predicted octanol–water partition coefficient (Wildman–Crippen LogP) is 1.41. The van der Waals surface area contributed by atoms with E-state index < -0.39 is 0 Å². The Morgan fingerprint density at radius 3 is 2.71 bits per heavy atom. The SMILES string of the molecule is Cc1cccc(C(=O)N2CC[C@@H](N)C2)n1.Cl.Cl. The van der Waals surface area contributed by atoms with E-state index in [1.54, 1.807) is 11.0 Å². The molecule has 0 radical (unpaired) electrons. The number of pyridine rings is 1. The topological polar surface area (TPSA) is 59.2 Å². The molecule has 1 aliphatic rings. The molecule has 17 heavy (non-hydrogen) atoms. The number of rotatable bonds is 1. The highest BCUT2D eigenvalue weighted by atomic mass is 35.5. The average Bonchev–Trinajstić information content (AvgIpc) is 2.64. The summed E-state index contributed by atoms with van der Waals surface area (Å²) in [5.41, 5.74) is 7.14. The van der Waals surface area contributed by atoms with Crippen LogP contribution in [0.15, 0.2) is 18.2 Å². The lowest BCUT2D eigenvalue weighted by molar-refractivity contribution is 0.0785. The van der Waals surface area contributed by atoms with Crippen LogP contribution in [0.25, 0.3) is 0 Å². The quantitative estimate of drug-likeness (QED) is 0.845. The number of likely N-dealkylation sites (tertiary alicyclic amines) is 1. The van der Waals surface area contributed by atoms with Gasteiger partial charge in [0.05, 0.1) is 0 Å². The van der Waals surface area contributed by atoms with E-state index in [1.165, 1.54) is 0 Å². The summed E-state index contributed by atoms with van der Waals surface area (Å²) < 4.78 is 0. The zero-order chi connectivity index (χ0) is 10.8. The zero-order valence-corrected chi connectivity index (χ0v) is 11.3. The molecule has 0 saturated carbocycles. The molecule has 96 valence electrons. The molecule has 0 aromatic carbocycles. The van der Waals surface area contributed by atoms with Crippen LogP contribution in [-0.2, 0) is 0 Å². The largest absolute Gasteiger partial charge is 0.336 e. The number of hydrogen-bond acceptors (Lipinski definition) is 3. The first kappa shape index (κ1) is 16.2. The Bertz CT molecular complexity index is 387. The second-order valence-corrected chi connectivity index (χ2v) is 3.96. The van der Waals surface area contributed by atoms with Crippen molar-refractivity contribution in [2.24, 2.45) is 5.73 Å². The minimum absolute atomic E-state index is 0. The second kappa shape index (κ2) is 6.79. The van der Waals surface area contributed by atoms with E-state index in [2.05, 4.69) is 4.98 Å². The van der Waals surface area contributed by atoms with E-state index in [1.807, 2.05) is 19.1 Å². The van der Waals surface area contributed by atoms with Gasteiger partial charge in [0, 0.05) is 24.8 Å². The molecule has 2 rings (SSSR count). The van der Waals surface area contributed by atoms with E-state index in [-0.39, 0.29) is 36.8 Å². The molecule has 1 atom stereocenters. The van der Waals surface area contributed by atoms with Gasteiger partial charge in [-0.15, -0.1) is 24.8 Å². The Morgan fingerprint density at radius 2 is 2.18 bits per heavy atom. The predicted molar refractivity (Wildman–Crippen MR) is 72.0 cm³/mol. The minimum Gasteiger partial charge on any atom is -0.336 e. The van der Waals surface area contributed by atoms with Crippen molar-refractivity contribution in [3.05, 3.63) is 29.6 Å². The van der Waals surface area contributed by atoms with Crippen molar-refractivity contribution < 1.29 is 4.79 Å². The van der Waals surface area contributed by atoms with Gasteiger partial charge in [0.25, 0.3) is 5.91 Å². The van der Waals surface area contributed by atoms with Gasteiger partial charge in [-0.2, -0.15) is 0 Å². The van der Waals surface area contributed by atoms with Gasteiger partial charge in [-0.05, 0) is 25.5 Å². The third-order valence-electron chi connectivity index (χ3n) is 2.62. The van der Waals surface area contributed by atoms with Gasteiger partial charge in [-0.3, -0.25) is 4.79 Å². The van der Waals surface area contributed by atoms with E-state index in [4.69, 9.17) is 5.73 Å². The molecule has 0 spiro atoms. The molecule has 1 amide bonds. The first-order valence-electron chi connectivity index (χ1n) is 5.15. The maximum absolute atomic E-state index is 12.0. The molecule has 2 heterocycles. The number of amides is 1. The van der Waals surface area contributed by atoms with Crippen molar-refractivity contribution in [3.8, 4) is 0 Å². The first-order valence-corrected chi connectivity index (χ1v) is 5.15. The lowest BCUT2D eigenvalue weighted by Gasteiger charge is -2.15. The van der Waals surface area contributed by atoms with Gasteiger partial charge >= 0.3 is 0 Å². The third-order valence-corrected chi connectivity index (χ3v) is 2.62. The normalized spacial score (nSPS) is 18.2. The highest BCUT2D eigenvalue weighted by Crippen LogP contribution is 2.11. The second-order valence-electron chi connectivity index (χ2n) is 3.96. The Hall–Kier alpha value is -0.840. The number of aromatic nitrogens is 1. The Kier molecular flexibility index (Phi) is 6.45. The highest BCUT2D eigenvalue weighted by molar-refractivity contribution is 5.92. The van der Waals surface area contributed by atoms with Gasteiger partial charge in [-0.25, -0.2) is 4.98 Å². The van der Waals surface area contributed by atoms with E-state index in [0.717, 1.165) is 18.7 Å². The number of nitrogens with zero attached hydrogens (tertiary/aromatic N) is 2. The van der Waals surface area contributed by atoms with Gasteiger partial charge in [0.15, 0.2) is 0 Å². The fourth-order valence-electron chi connectivity index (χ4n) is 1.80. The van der Waals surface area contributed by atoms with Crippen molar-refractivity contribution in [3.63, 3.8) is 0 Å². The van der Waals surface area contributed by atoms with Gasteiger partial charge in [0.2, 0.25) is 0 Å². The van der Waals surface area contributed by atoms with Crippen molar-refractivity contribution >= 4 is 30.7 Å². The van der Waals surface area contributed by atoms with Crippen LogP contribution in [-0.4, -0.2) is 34.9 Å². The number of aryl methyl sites for hydroxylation is 1. The highest BCUT2D eigenvalue weighted by Gasteiger charge is 2.25. The summed E-state index contributed by atoms with van der Waals surface area (Å²) in [4.78, 5) is 17.9. The smallest absolute Gasteiger partial charge is 0.272 e. The summed E-state index contributed by atoms with van der Waals surface area (Å²) in [6, 6.07) is 5.61. The summed E-state index contributed by atoms with van der Waals surface area (Å²) >= 11 is 0. The van der Waals surface area contributed by atoms with Crippen LogP contribution in [0.1, 0.15) is 22.6 Å². The molecular formula is C11H17Cl2N3O. The molecule has 1 fully saturated rings. The number of nitrogens with two attached hydrogens (primary N) is 1.